The normalized spacial score (nSPS) is 14.3. The summed E-state index contributed by atoms with van der Waals surface area (Å²) >= 11 is 0. The van der Waals surface area contributed by atoms with Gasteiger partial charge in [-0.1, -0.05) is 36.8 Å². The smallest absolute Gasteiger partial charge is 0.255 e. The molecule has 0 spiro atoms. The molecular formula is C21H25N5O. The summed E-state index contributed by atoms with van der Waals surface area (Å²) in [4.78, 5) is 22.4. The summed E-state index contributed by atoms with van der Waals surface area (Å²) in [5, 5.41) is 7.37. The predicted octanol–water partition coefficient (Wildman–Crippen LogP) is 2.98. The van der Waals surface area contributed by atoms with E-state index in [1.165, 1.54) is 5.56 Å². The van der Waals surface area contributed by atoms with Gasteiger partial charge >= 0.3 is 0 Å². The van der Waals surface area contributed by atoms with Gasteiger partial charge in [-0.3, -0.25) is 14.8 Å². The maximum atomic E-state index is 12.5. The summed E-state index contributed by atoms with van der Waals surface area (Å²) in [6, 6.07) is 8.44. The summed E-state index contributed by atoms with van der Waals surface area (Å²) < 4.78 is 0. The fourth-order valence-electron chi connectivity index (χ4n) is 3.66. The van der Waals surface area contributed by atoms with Crippen molar-refractivity contribution in [1.82, 2.24) is 25.1 Å². The van der Waals surface area contributed by atoms with E-state index in [2.05, 4.69) is 63.2 Å². The van der Waals surface area contributed by atoms with E-state index in [0.29, 0.717) is 6.54 Å². The number of benzene rings is 1. The number of fused-ring (bicyclic) bond motifs is 1. The van der Waals surface area contributed by atoms with Crippen molar-refractivity contribution in [3.63, 3.8) is 0 Å². The Morgan fingerprint density at radius 2 is 2.04 bits per heavy atom. The van der Waals surface area contributed by atoms with Gasteiger partial charge in [-0.25, -0.2) is 4.98 Å². The van der Waals surface area contributed by atoms with Gasteiger partial charge in [0.05, 0.1) is 23.1 Å². The number of rotatable bonds is 5. The number of nitrogens with one attached hydrogen (secondary N) is 2. The topological polar surface area (TPSA) is 77.7 Å². The zero-order valence-electron chi connectivity index (χ0n) is 15.9. The number of hydrogen-bond acceptors (Lipinski definition) is 4. The van der Waals surface area contributed by atoms with Crippen LogP contribution < -0.4 is 5.56 Å². The van der Waals surface area contributed by atoms with Gasteiger partial charge in [-0.05, 0) is 18.9 Å². The Hall–Kier alpha value is -2.73. The number of nitrogens with zero attached hydrogens (tertiary/aromatic N) is 3. The minimum atomic E-state index is 0.0131. The van der Waals surface area contributed by atoms with Gasteiger partial charge < -0.3 is 4.98 Å². The molecule has 0 atom stereocenters. The van der Waals surface area contributed by atoms with E-state index in [-0.39, 0.29) is 5.56 Å². The molecule has 6 nitrogen and oxygen atoms in total. The van der Waals surface area contributed by atoms with E-state index in [9.17, 15) is 4.79 Å². The molecule has 140 valence electrons. The second-order valence-corrected chi connectivity index (χ2v) is 7.28. The highest BCUT2D eigenvalue weighted by Gasteiger charge is 2.22. The third-order valence-electron chi connectivity index (χ3n) is 5.14. The van der Waals surface area contributed by atoms with Crippen LogP contribution in [0.3, 0.4) is 0 Å². The van der Waals surface area contributed by atoms with Crippen molar-refractivity contribution in [3.05, 3.63) is 69.0 Å². The van der Waals surface area contributed by atoms with Gasteiger partial charge in [0.1, 0.15) is 5.82 Å². The first-order valence-electron chi connectivity index (χ1n) is 9.56. The lowest BCUT2D eigenvalue weighted by atomic mass is 10.0. The number of aromatic nitrogens is 4. The summed E-state index contributed by atoms with van der Waals surface area (Å²) in [5.74, 6) is 0.811. The van der Waals surface area contributed by atoms with Crippen LogP contribution >= 0.6 is 0 Å². The number of hydrogen-bond donors (Lipinski definition) is 2. The fourth-order valence-corrected chi connectivity index (χ4v) is 3.66. The molecule has 0 fully saturated rings. The second-order valence-electron chi connectivity index (χ2n) is 7.28. The lowest BCUT2D eigenvalue weighted by molar-refractivity contribution is 0.241. The van der Waals surface area contributed by atoms with Crippen molar-refractivity contribution in [1.29, 1.82) is 0 Å². The van der Waals surface area contributed by atoms with Crippen LogP contribution in [0.2, 0.25) is 0 Å². The van der Waals surface area contributed by atoms with Gasteiger partial charge in [0.25, 0.3) is 5.56 Å². The molecule has 0 saturated carbocycles. The number of H-pyrrole nitrogens is 2. The Morgan fingerprint density at radius 3 is 2.81 bits per heavy atom. The highest BCUT2D eigenvalue weighted by atomic mass is 16.1. The zero-order chi connectivity index (χ0) is 18.8. The molecule has 1 aliphatic rings. The van der Waals surface area contributed by atoms with Crippen LogP contribution in [0.5, 0.6) is 0 Å². The minimum Gasteiger partial charge on any atom is -0.310 e. The molecular weight excluding hydrogens is 338 g/mol. The average Bonchev–Trinajstić information content (AvgIpc) is 3.11. The maximum absolute atomic E-state index is 12.5. The zero-order valence-corrected chi connectivity index (χ0v) is 15.9. The van der Waals surface area contributed by atoms with E-state index in [0.717, 1.165) is 66.3 Å². The van der Waals surface area contributed by atoms with E-state index in [1.807, 2.05) is 6.20 Å². The van der Waals surface area contributed by atoms with Crippen LogP contribution in [0.4, 0.5) is 0 Å². The quantitative estimate of drug-likeness (QED) is 0.730. The van der Waals surface area contributed by atoms with E-state index in [4.69, 9.17) is 0 Å². The molecule has 0 bridgehead atoms. The van der Waals surface area contributed by atoms with Crippen molar-refractivity contribution >= 4 is 0 Å². The molecule has 0 amide bonds. The van der Waals surface area contributed by atoms with Gasteiger partial charge in [-0.15, -0.1) is 0 Å². The van der Waals surface area contributed by atoms with Crippen molar-refractivity contribution in [2.75, 3.05) is 6.54 Å². The fraction of sp³-hybridized carbons (Fsp3) is 0.381. The Bertz CT molecular complexity index is 987. The van der Waals surface area contributed by atoms with E-state index in [1.54, 1.807) is 0 Å². The average molecular weight is 363 g/mol. The Kier molecular flexibility index (Phi) is 4.90. The van der Waals surface area contributed by atoms with Crippen LogP contribution in [0.1, 0.15) is 41.6 Å². The maximum Gasteiger partial charge on any atom is 0.255 e. The van der Waals surface area contributed by atoms with Crippen molar-refractivity contribution in [2.24, 2.45) is 0 Å². The molecule has 4 rings (SSSR count). The minimum absolute atomic E-state index is 0.0131. The SMILES string of the molecule is CCCc1nc2c(c(=O)[nH]1)CN(Cc1cn[nH]c1-c1ccc(C)cc1)CC2. The molecule has 0 aliphatic carbocycles. The molecule has 6 heteroatoms. The highest BCUT2D eigenvalue weighted by Crippen LogP contribution is 2.24. The molecule has 0 saturated heterocycles. The Morgan fingerprint density at radius 1 is 1.22 bits per heavy atom. The molecule has 2 aromatic heterocycles. The first-order valence-corrected chi connectivity index (χ1v) is 9.56. The van der Waals surface area contributed by atoms with Gasteiger partial charge in [0.2, 0.25) is 0 Å². The van der Waals surface area contributed by atoms with Gasteiger partial charge in [0, 0.05) is 38.0 Å². The first-order chi connectivity index (χ1) is 13.1. The summed E-state index contributed by atoms with van der Waals surface area (Å²) in [5.41, 5.74) is 6.35. The molecule has 2 N–H and O–H groups in total. The van der Waals surface area contributed by atoms with Crippen LogP contribution in [0, 0.1) is 6.92 Å². The molecule has 3 heterocycles. The van der Waals surface area contributed by atoms with Crippen LogP contribution in [0.15, 0.2) is 35.3 Å². The summed E-state index contributed by atoms with van der Waals surface area (Å²) in [6.45, 7) is 6.46. The highest BCUT2D eigenvalue weighted by molar-refractivity contribution is 5.62. The molecule has 0 radical (unpaired) electrons. The molecule has 0 unspecified atom stereocenters. The number of aromatic amines is 2. The van der Waals surface area contributed by atoms with Crippen LogP contribution in [-0.2, 0) is 25.9 Å². The summed E-state index contributed by atoms with van der Waals surface area (Å²) in [7, 11) is 0. The monoisotopic (exact) mass is 363 g/mol. The lowest BCUT2D eigenvalue weighted by Crippen LogP contribution is -2.35. The van der Waals surface area contributed by atoms with E-state index < -0.39 is 0 Å². The molecule has 3 aromatic rings. The van der Waals surface area contributed by atoms with Crippen LogP contribution in [-0.4, -0.2) is 31.6 Å². The third-order valence-corrected chi connectivity index (χ3v) is 5.14. The van der Waals surface area contributed by atoms with Crippen molar-refractivity contribution < 1.29 is 0 Å². The largest absolute Gasteiger partial charge is 0.310 e. The van der Waals surface area contributed by atoms with Gasteiger partial charge in [0.15, 0.2) is 0 Å². The van der Waals surface area contributed by atoms with Gasteiger partial charge in [-0.2, -0.15) is 5.10 Å². The Balaban J connectivity index is 1.54. The van der Waals surface area contributed by atoms with E-state index >= 15 is 0 Å². The first kappa shape index (κ1) is 17.7. The standard InChI is InChI=1S/C21H25N5O/c1-3-4-19-23-18-9-10-26(13-17(18)21(27)24-19)12-16-11-22-25-20(16)15-7-5-14(2)6-8-15/h5-8,11H,3-4,9-10,12-13H2,1-2H3,(H,22,25)(H,23,24,27). The van der Waals surface area contributed by atoms with Crippen LogP contribution in [0.25, 0.3) is 11.3 Å². The molecule has 27 heavy (non-hydrogen) atoms. The Labute approximate surface area is 158 Å². The summed E-state index contributed by atoms with van der Waals surface area (Å²) in [6.07, 6.45) is 4.50. The third kappa shape index (κ3) is 3.71. The predicted molar refractivity (Wildman–Crippen MR) is 105 cm³/mol. The number of aryl methyl sites for hydroxylation is 2. The van der Waals surface area contributed by atoms with Crippen molar-refractivity contribution in [2.45, 2.75) is 46.2 Å². The molecule has 1 aromatic carbocycles. The lowest BCUT2D eigenvalue weighted by Gasteiger charge is -2.27. The molecule has 1 aliphatic heterocycles. The van der Waals surface area contributed by atoms with Crippen molar-refractivity contribution in [3.8, 4) is 11.3 Å². The second kappa shape index (κ2) is 7.48.